The molecule has 1 fully saturated rings. The van der Waals surface area contributed by atoms with Gasteiger partial charge in [-0.25, -0.2) is 0 Å². The van der Waals surface area contributed by atoms with Crippen molar-refractivity contribution in [3.63, 3.8) is 0 Å². The molecule has 1 aliphatic heterocycles. The molecule has 134 valence electrons. The summed E-state index contributed by atoms with van der Waals surface area (Å²) in [6.07, 6.45) is 2.38. The van der Waals surface area contributed by atoms with Gasteiger partial charge in [0.05, 0.1) is 0 Å². The average Bonchev–Trinajstić information content (AvgIpc) is 2.60. The highest BCUT2D eigenvalue weighted by atomic mass is 32.2. The third-order valence-corrected chi connectivity index (χ3v) is 5.58. The fourth-order valence-electron chi connectivity index (χ4n) is 2.96. The Balaban J connectivity index is 1.71. The first-order valence-corrected chi connectivity index (χ1v) is 9.89. The van der Waals surface area contributed by atoms with Crippen LogP contribution in [-0.2, 0) is 0 Å². The van der Waals surface area contributed by atoms with E-state index < -0.39 is 0 Å². The van der Waals surface area contributed by atoms with Gasteiger partial charge in [-0.15, -0.1) is 11.8 Å². The summed E-state index contributed by atoms with van der Waals surface area (Å²) in [7, 11) is 1.85. The molecule has 1 heterocycles. The second-order valence-electron chi connectivity index (χ2n) is 6.74. The van der Waals surface area contributed by atoms with Crippen molar-refractivity contribution in [1.29, 1.82) is 0 Å². The quantitative estimate of drug-likeness (QED) is 0.470. The zero-order valence-electron chi connectivity index (χ0n) is 15.5. The zero-order valence-corrected chi connectivity index (χ0v) is 16.3. The first-order valence-electron chi connectivity index (χ1n) is 9.01. The normalized spacial score (nSPS) is 18.6. The van der Waals surface area contributed by atoms with Crippen LogP contribution in [0.3, 0.4) is 0 Å². The largest absolute Gasteiger partial charge is 0.355 e. The van der Waals surface area contributed by atoms with Gasteiger partial charge in [0, 0.05) is 48.9 Å². The van der Waals surface area contributed by atoms with E-state index >= 15 is 0 Å². The number of nitrogens with zero attached hydrogens (tertiary/aromatic N) is 2. The van der Waals surface area contributed by atoms with E-state index in [1.165, 1.54) is 30.8 Å². The molecule has 4 nitrogen and oxygen atoms in total. The summed E-state index contributed by atoms with van der Waals surface area (Å²) in [5, 5.41) is 7.56. The van der Waals surface area contributed by atoms with Gasteiger partial charge in [0.1, 0.15) is 0 Å². The summed E-state index contributed by atoms with van der Waals surface area (Å²) >= 11 is 1.89. The molecule has 0 radical (unpaired) electrons. The van der Waals surface area contributed by atoms with E-state index in [1.54, 1.807) is 0 Å². The van der Waals surface area contributed by atoms with E-state index in [-0.39, 0.29) is 0 Å². The van der Waals surface area contributed by atoms with Crippen LogP contribution >= 0.6 is 11.8 Å². The third kappa shape index (κ3) is 6.36. The Kier molecular flexibility index (Phi) is 7.92. The summed E-state index contributed by atoms with van der Waals surface area (Å²) in [5.41, 5.74) is 0. The third-order valence-electron chi connectivity index (χ3n) is 4.46. The standard InChI is InChI=1S/C19H32N4S/c1-15(2)23-12-10-17(11-13-23)22-19(20-4)21-14-16(3)24-18-8-6-5-7-9-18/h5-9,15-17H,10-14H2,1-4H3,(H2,20,21,22). The van der Waals surface area contributed by atoms with Crippen LogP contribution in [0.5, 0.6) is 0 Å². The lowest BCUT2D eigenvalue weighted by atomic mass is 10.0. The number of piperidine rings is 1. The summed E-state index contributed by atoms with van der Waals surface area (Å²) in [5.74, 6) is 0.929. The summed E-state index contributed by atoms with van der Waals surface area (Å²) in [6.45, 7) is 10.1. The van der Waals surface area contributed by atoms with E-state index in [0.717, 1.165) is 12.5 Å². The van der Waals surface area contributed by atoms with Crippen molar-refractivity contribution in [3.05, 3.63) is 30.3 Å². The van der Waals surface area contributed by atoms with Crippen molar-refractivity contribution >= 4 is 17.7 Å². The van der Waals surface area contributed by atoms with Crippen molar-refractivity contribution in [1.82, 2.24) is 15.5 Å². The maximum Gasteiger partial charge on any atom is 0.191 e. The fourth-order valence-corrected chi connectivity index (χ4v) is 3.91. The average molecular weight is 349 g/mol. The van der Waals surface area contributed by atoms with E-state index in [2.05, 4.69) is 71.6 Å². The second-order valence-corrected chi connectivity index (χ2v) is 8.25. The van der Waals surface area contributed by atoms with Crippen LogP contribution in [0.25, 0.3) is 0 Å². The molecule has 0 amide bonds. The zero-order chi connectivity index (χ0) is 17.4. The van der Waals surface area contributed by atoms with Crippen LogP contribution in [0.4, 0.5) is 0 Å². The van der Waals surface area contributed by atoms with Crippen LogP contribution in [0.15, 0.2) is 40.2 Å². The second kappa shape index (κ2) is 9.94. The number of nitrogens with one attached hydrogen (secondary N) is 2. The number of benzene rings is 1. The van der Waals surface area contributed by atoms with E-state index in [0.29, 0.717) is 17.3 Å². The Morgan fingerprint density at radius 2 is 1.88 bits per heavy atom. The molecule has 0 spiro atoms. The van der Waals surface area contributed by atoms with Gasteiger partial charge in [-0.3, -0.25) is 4.99 Å². The highest BCUT2D eigenvalue weighted by Gasteiger charge is 2.21. The predicted octanol–water partition coefficient (Wildman–Crippen LogP) is 3.21. The molecule has 1 unspecified atom stereocenters. The Morgan fingerprint density at radius 1 is 1.21 bits per heavy atom. The minimum atomic E-state index is 0.494. The number of aliphatic imine (C=N–C) groups is 1. The molecule has 0 aliphatic carbocycles. The molecule has 5 heteroatoms. The molecule has 1 atom stereocenters. The van der Waals surface area contributed by atoms with E-state index in [4.69, 9.17) is 0 Å². The molecule has 1 aromatic rings. The van der Waals surface area contributed by atoms with Crippen molar-refractivity contribution in [2.24, 2.45) is 4.99 Å². The van der Waals surface area contributed by atoms with Gasteiger partial charge in [-0.1, -0.05) is 25.1 Å². The van der Waals surface area contributed by atoms with Crippen molar-refractivity contribution < 1.29 is 0 Å². The molecular weight excluding hydrogens is 316 g/mol. The van der Waals surface area contributed by atoms with Gasteiger partial charge < -0.3 is 15.5 Å². The smallest absolute Gasteiger partial charge is 0.191 e. The lowest BCUT2D eigenvalue weighted by molar-refractivity contribution is 0.167. The van der Waals surface area contributed by atoms with Gasteiger partial charge >= 0.3 is 0 Å². The van der Waals surface area contributed by atoms with E-state index in [9.17, 15) is 0 Å². The van der Waals surface area contributed by atoms with Crippen molar-refractivity contribution in [2.45, 2.75) is 55.8 Å². The number of guanidine groups is 1. The van der Waals surface area contributed by atoms with Crippen LogP contribution in [0, 0.1) is 0 Å². The minimum Gasteiger partial charge on any atom is -0.355 e. The van der Waals surface area contributed by atoms with Gasteiger partial charge in [0.15, 0.2) is 5.96 Å². The van der Waals surface area contributed by atoms with Gasteiger partial charge in [-0.2, -0.15) is 0 Å². The van der Waals surface area contributed by atoms with Crippen LogP contribution < -0.4 is 10.6 Å². The monoisotopic (exact) mass is 348 g/mol. The topological polar surface area (TPSA) is 39.7 Å². The molecule has 0 bridgehead atoms. The maximum atomic E-state index is 4.39. The van der Waals surface area contributed by atoms with Gasteiger partial charge in [0.2, 0.25) is 0 Å². The number of rotatable bonds is 6. The number of thioether (sulfide) groups is 1. The van der Waals surface area contributed by atoms with E-state index in [1.807, 2.05) is 18.8 Å². The maximum absolute atomic E-state index is 4.39. The Labute approximate surface area is 151 Å². The number of hydrogen-bond acceptors (Lipinski definition) is 3. The molecule has 1 aromatic carbocycles. The lowest BCUT2D eigenvalue weighted by Crippen LogP contribution is -2.50. The predicted molar refractivity (Wildman–Crippen MR) is 106 cm³/mol. The highest BCUT2D eigenvalue weighted by molar-refractivity contribution is 8.00. The van der Waals surface area contributed by atoms with Gasteiger partial charge in [0.25, 0.3) is 0 Å². The van der Waals surface area contributed by atoms with Crippen molar-refractivity contribution in [2.75, 3.05) is 26.7 Å². The van der Waals surface area contributed by atoms with Gasteiger partial charge in [-0.05, 0) is 38.8 Å². The van der Waals surface area contributed by atoms with Crippen LogP contribution in [0.1, 0.15) is 33.6 Å². The fraction of sp³-hybridized carbons (Fsp3) is 0.632. The first-order chi connectivity index (χ1) is 11.6. The summed E-state index contributed by atoms with van der Waals surface area (Å²) in [4.78, 5) is 8.25. The summed E-state index contributed by atoms with van der Waals surface area (Å²) < 4.78 is 0. The Morgan fingerprint density at radius 3 is 2.46 bits per heavy atom. The molecule has 1 saturated heterocycles. The molecule has 2 rings (SSSR count). The summed E-state index contributed by atoms with van der Waals surface area (Å²) in [6, 6.07) is 11.7. The molecule has 1 aliphatic rings. The molecule has 24 heavy (non-hydrogen) atoms. The number of likely N-dealkylation sites (tertiary alicyclic amines) is 1. The Bertz CT molecular complexity index is 495. The number of hydrogen-bond donors (Lipinski definition) is 2. The molecular formula is C19H32N4S. The highest BCUT2D eigenvalue weighted by Crippen LogP contribution is 2.21. The van der Waals surface area contributed by atoms with Crippen LogP contribution in [-0.4, -0.2) is 54.9 Å². The Hall–Kier alpha value is -1.20. The van der Waals surface area contributed by atoms with Crippen molar-refractivity contribution in [3.8, 4) is 0 Å². The molecule has 2 N–H and O–H groups in total. The first kappa shape index (κ1) is 19.1. The SMILES string of the molecule is CN=C(NCC(C)Sc1ccccc1)NC1CCN(C(C)C)CC1. The van der Waals surface area contributed by atoms with Crippen LogP contribution in [0.2, 0.25) is 0 Å². The lowest BCUT2D eigenvalue weighted by Gasteiger charge is -2.35. The minimum absolute atomic E-state index is 0.494. The molecule has 0 aromatic heterocycles. The molecule has 0 saturated carbocycles.